The lowest BCUT2D eigenvalue weighted by molar-refractivity contribution is -0.145. The normalized spacial score (nSPS) is 25.5. The molecule has 1 aliphatic rings. The number of esters is 1. The van der Waals surface area contributed by atoms with Crippen LogP contribution >= 0.6 is 0 Å². The molecule has 2 atom stereocenters. The van der Waals surface area contributed by atoms with Crippen LogP contribution in [0.2, 0.25) is 0 Å². The molecule has 0 aromatic rings. The molecule has 0 aliphatic carbocycles. The predicted octanol–water partition coefficient (Wildman–Crippen LogP) is -0.175. The van der Waals surface area contributed by atoms with Crippen molar-refractivity contribution in [3.8, 4) is 0 Å². The number of aliphatic hydroxyl groups is 2. The highest BCUT2D eigenvalue weighted by atomic mass is 16.6. The second-order valence-corrected chi connectivity index (χ2v) is 3.00. The van der Waals surface area contributed by atoms with Gasteiger partial charge in [-0.05, 0) is 19.3 Å². The molecule has 2 unspecified atom stereocenters. The molecular formula is C8H14O4. The van der Waals surface area contributed by atoms with Gasteiger partial charge in [-0.15, -0.1) is 0 Å². The maximum atomic E-state index is 10.6. The average Bonchev–Trinajstić information content (AvgIpc) is 2.47. The van der Waals surface area contributed by atoms with Crippen LogP contribution in [0.25, 0.3) is 0 Å². The number of cyclic esters (lactones) is 1. The minimum Gasteiger partial charge on any atom is -0.460 e. The fourth-order valence-corrected chi connectivity index (χ4v) is 1.30. The summed E-state index contributed by atoms with van der Waals surface area (Å²) in [6.45, 7) is 0.0672. The molecule has 1 saturated heterocycles. The van der Waals surface area contributed by atoms with Gasteiger partial charge in [0, 0.05) is 13.0 Å². The van der Waals surface area contributed by atoms with Crippen molar-refractivity contribution in [2.45, 2.75) is 37.9 Å². The van der Waals surface area contributed by atoms with Gasteiger partial charge in [-0.25, -0.2) is 0 Å². The van der Waals surface area contributed by atoms with E-state index in [0.29, 0.717) is 25.7 Å². The van der Waals surface area contributed by atoms with Gasteiger partial charge in [-0.1, -0.05) is 0 Å². The number of rotatable bonds is 4. The highest BCUT2D eigenvalue weighted by Crippen LogP contribution is 2.19. The molecule has 0 spiro atoms. The van der Waals surface area contributed by atoms with Crippen LogP contribution in [0.5, 0.6) is 0 Å². The van der Waals surface area contributed by atoms with Gasteiger partial charge in [0.25, 0.3) is 0 Å². The highest BCUT2D eigenvalue weighted by molar-refractivity contribution is 5.71. The van der Waals surface area contributed by atoms with E-state index in [0.717, 1.165) is 0 Å². The molecule has 0 aromatic heterocycles. The highest BCUT2D eigenvalue weighted by Gasteiger charge is 2.29. The minimum atomic E-state index is -0.608. The largest absolute Gasteiger partial charge is 0.460 e. The summed E-state index contributed by atoms with van der Waals surface area (Å²) in [5, 5.41) is 17.9. The van der Waals surface area contributed by atoms with E-state index in [4.69, 9.17) is 9.84 Å². The van der Waals surface area contributed by atoms with Crippen molar-refractivity contribution >= 4 is 5.97 Å². The number of aliphatic hydroxyl groups excluding tert-OH is 2. The molecule has 12 heavy (non-hydrogen) atoms. The van der Waals surface area contributed by atoms with Crippen LogP contribution in [0.3, 0.4) is 0 Å². The van der Waals surface area contributed by atoms with Gasteiger partial charge in [0.2, 0.25) is 0 Å². The van der Waals surface area contributed by atoms with Crippen LogP contribution in [0, 0.1) is 0 Å². The number of hydrogen-bond donors (Lipinski definition) is 2. The van der Waals surface area contributed by atoms with Crippen LogP contribution in [-0.4, -0.2) is 35.0 Å². The summed E-state index contributed by atoms with van der Waals surface area (Å²) in [7, 11) is 0. The van der Waals surface area contributed by atoms with Gasteiger partial charge in [0.15, 0.2) is 0 Å². The van der Waals surface area contributed by atoms with Gasteiger partial charge >= 0.3 is 5.97 Å². The van der Waals surface area contributed by atoms with E-state index in [1.165, 1.54) is 0 Å². The third-order valence-electron chi connectivity index (χ3n) is 2.00. The molecule has 2 N–H and O–H groups in total. The molecule has 0 bridgehead atoms. The van der Waals surface area contributed by atoms with Crippen LogP contribution in [0.15, 0.2) is 0 Å². The van der Waals surface area contributed by atoms with E-state index in [2.05, 4.69) is 0 Å². The van der Waals surface area contributed by atoms with Crippen LogP contribution in [0.1, 0.15) is 25.7 Å². The Morgan fingerprint density at radius 1 is 1.67 bits per heavy atom. The number of carbonyl (C=O) groups is 1. The summed E-state index contributed by atoms with van der Waals surface area (Å²) in [6.07, 6.45) is 1.10. The first kappa shape index (κ1) is 9.48. The third-order valence-corrected chi connectivity index (χ3v) is 2.00. The molecule has 0 radical (unpaired) electrons. The lowest BCUT2D eigenvalue weighted by atomic mass is 10.1. The predicted molar refractivity (Wildman–Crippen MR) is 41.4 cm³/mol. The Labute approximate surface area is 71.2 Å². The molecule has 0 amide bonds. The topological polar surface area (TPSA) is 66.8 Å². The smallest absolute Gasteiger partial charge is 0.306 e. The first-order valence-electron chi connectivity index (χ1n) is 4.22. The molecular weight excluding hydrogens is 160 g/mol. The summed E-state index contributed by atoms with van der Waals surface area (Å²) in [5.41, 5.74) is 0. The quantitative estimate of drug-likeness (QED) is 0.580. The fraction of sp³-hybridized carbons (Fsp3) is 0.875. The Morgan fingerprint density at radius 3 is 2.92 bits per heavy atom. The second kappa shape index (κ2) is 4.42. The van der Waals surface area contributed by atoms with E-state index in [9.17, 15) is 9.90 Å². The van der Waals surface area contributed by atoms with E-state index in [1.807, 2.05) is 0 Å². The molecule has 0 aromatic carbocycles. The van der Waals surface area contributed by atoms with Gasteiger partial charge in [0.1, 0.15) is 6.10 Å². The molecule has 70 valence electrons. The number of hydrogen-bond acceptors (Lipinski definition) is 4. The molecule has 1 heterocycles. The molecule has 1 fully saturated rings. The minimum absolute atomic E-state index is 0.0672. The molecule has 0 saturated carbocycles. The first-order valence-corrected chi connectivity index (χ1v) is 4.22. The van der Waals surface area contributed by atoms with Crippen LogP contribution in [-0.2, 0) is 9.53 Å². The van der Waals surface area contributed by atoms with Gasteiger partial charge in [-0.3, -0.25) is 4.79 Å². The van der Waals surface area contributed by atoms with Crippen molar-refractivity contribution in [1.29, 1.82) is 0 Å². The maximum Gasteiger partial charge on any atom is 0.306 e. The SMILES string of the molecule is O=C1CCC(C(O)CCCO)O1. The maximum absolute atomic E-state index is 10.6. The monoisotopic (exact) mass is 174 g/mol. The lowest BCUT2D eigenvalue weighted by Crippen LogP contribution is -2.25. The zero-order valence-corrected chi connectivity index (χ0v) is 6.90. The van der Waals surface area contributed by atoms with Crippen LogP contribution < -0.4 is 0 Å². The molecule has 4 heteroatoms. The van der Waals surface area contributed by atoms with Crippen molar-refractivity contribution in [3.63, 3.8) is 0 Å². The Kier molecular flexibility index (Phi) is 3.49. The Balaban J connectivity index is 2.23. The van der Waals surface area contributed by atoms with E-state index < -0.39 is 6.10 Å². The average molecular weight is 174 g/mol. The summed E-state index contributed by atoms with van der Waals surface area (Å²) < 4.78 is 4.85. The number of ether oxygens (including phenoxy) is 1. The second-order valence-electron chi connectivity index (χ2n) is 3.00. The summed E-state index contributed by atoms with van der Waals surface area (Å²) in [5.74, 6) is -0.233. The summed E-state index contributed by atoms with van der Waals surface area (Å²) in [4.78, 5) is 10.6. The van der Waals surface area contributed by atoms with Gasteiger partial charge in [0.05, 0.1) is 6.10 Å². The Bertz CT molecular complexity index is 157. The van der Waals surface area contributed by atoms with Gasteiger partial charge in [-0.2, -0.15) is 0 Å². The third kappa shape index (κ3) is 2.46. The zero-order valence-electron chi connectivity index (χ0n) is 6.90. The Hall–Kier alpha value is -0.610. The van der Waals surface area contributed by atoms with E-state index >= 15 is 0 Å². The van der Waals surface area contributed by atoms with Crippen molar-refractivity contribution in [2.24, 2.45) is 0 Å². The van der Waals surface area contributed by atoms with Crippen molar-refractivity contribution in [1.82, 2.24) is 0 Å². The summed E-state index contributed by atoms with van der Waals surface area (Å²) in [6, 6.07) is 0. The van der Waals surface area contributed by atoms with E-state index in [-0.39, 0.29) is 18.7 Å². The van der Waals surface area contributed by atoms with Crippen molar-refractivity contribution in [2.75, 3.05) is 6.61 Å². The molecule has 1 rings (SSSR count). The van der Waals surface area contributed by atoms with Gasteiger partial charge < -0.3 is 14.9 Å². The fourth-order valence-electron chi connectivity index (χ4n) is 1.30. The van der Waals surface area contributed by atoms with Crippen molar-refractivity contribution in [3.05, 3.63) is 0 Å². The van der Waals surface area contributed by atoms with E-state index in [1.54, 1.807) is 0 Å². The summed E-state index contributed by atoms with van der Waals surface area (Å²) >= 11 is 0. The molecule has 1 aliphatic heterocycles. The zero-order chi connectivity index (χ0) is 8.97. The first-order chi connectivity index (χ1) is 5.74. The molecule has 4 nitrogen and oxygen atoms in total. The number of carbonyl (C=O) groups excluding carboxylic acids is 1. The van der Waals surface area contributed by atoms with Crippen LogP contribution in [0.4, 0.5) is 0 Å². The van der Waals surface area contributed by atoms with Crippen molar-refractivity contribution < 1.29 is 19.7 Å². The Morgan fingerprint density at radius 2 is 2.42 bits per heavy atom. The lowest BCUT2D eigenvalue weighted by Gasteiger charge is -2.15. The standard InChI is InChI=1S/C8H14O4/c9-5-1-2-6(10)7-3-4-8(11)12-7/h6-7,9-10H,1-5H2.